The van der Waals surface area contributed by atoms with Crippen molar-refractivity contribution >= 4 is 33.8 Å². The van der Waals surface area contributed by atoms with E-state index in [-0.39, 0.29) is 0 Å². The van der Waals surface area contributed by atoms with Gasteiger partial charge in [-0.2, -0.15) is 0 Å². The predicted octanol–water partition coefficient (Wildman–Crippen LogP) is 4.61. The molecule has 3 heterocycles. The molecule has 5 heteroatoms. The molecule has 3 aromatic heterocycles. The second kappa shape index (κ2) is 5.42. The van der Waals surface area contributed by atoms with Gasteiger partial charge in [-0.3, -0.25) is 4.98 Å². The quantitative estimate of drug-likeness (QED) is 0.718. The molecule has 0 radical (unpaired) electrons. The van der Waals surface area contributed by atoms with Crippen molar-refractivity contribution in [2.24, 2.45) is 5.92 Å². The Balaban J connectivity index is 2.08. The average Bonchev–Trinajstić information content (AvgIpc) is 2.84. The topological polar surface area (TPSA) is 41.6 Å². The fourth-order valence-corrected chi connectivity index (χ4v) is 3.18. The summed E-state index contributed by atoms with van der Waals surface area (Å²) in [6, 6.07) is 6.07. The summed E-state index contributed by atoms with van der Waals surface area (Å²) in [5.41, 5.74) is 3.13. The summed E-state index contributed by atoms with van der Waals surface area (Å²) in [4.78, 5) is 12.3. The molecule has 0 saturated carbocycles. The monoisotopic (exact) mass is 301 g/mol. The molecular formula is C15H15N3S2. The van der Waals surface area contributed by atoms with Gasteiger partial charge in [0.1, 0.15) is 10.5 Å². The Labute approximate surface area is 126 Å². The maximum atomic E-state index is 5.27. The van der Waals surface area contributed by atoms with Crippen LogP contribution < -0.4 is 0 Å². The van der Waals surface area contributed by atoms with Gasteiger partial charge in [0.25, 0.3) is 0 Å². The maximum Gasteiger partial charge on any atom is 0.140 e. The largest absolute Gasteiger partial charge is 0.343 e. The molecule has 3 nitrogen and oxygen atoms in total. The number of nitrogens with zero attached hydrogens (tertiary/aromatic N) is 2. The fraction of sp³-hybridized carbons (Fsp3) is 0.267. The van der Waals surface area contributed by atoms with E-state index in [1.54, 1.807) is 11.3 Å². The molecule has 0 aliphatic rings. The van der Waals surface area contributed by atoms with Gasteiger partial charge >= 0.3 is 0 Å². The molecule has 20 heavy (non-hydrogen) atoms. The average molecular weight is 301 g/mol. The molecular weight excluding hydrogens is 286 g/mol. The number of nitrogens with one attached hydrogen (secondary N) is 1. The third kappa shape index (κ3) is 2.78. The van der Waals surface area contributed by atoms with E-state index in [2.05, 4.69) is 34.9 Å². The highest BCUT2D eigenvalue weighted by molar-refractivity contribution is 7.71. The van der Waals surface area contributed by atoms with Gasteiger partial charge in [-0.05, 0) is 35.9 Å². The van der Waals surface area contributed by atoms with Crippen LogP contribution in [-0.4, -0.2) is 15.0 Å². The molecule has 0 saturated heterocycles. The molecule has 0 aliphatic heterocycles. The van der Waals surface area contributed by atoms with Crippen molar-refractivity contribution in [3.8, 4) is 11.4 Å². The van der Waals surface area contributed by atoms with Crippen molar-refractivity contribution in [2.45, 2.75) is 20.3 Å². The zero-order valence-electron chi connectivity index (χ0n) is 11.4. The summed E-state index contributed by atoms with van der Waals surface area (Å²) in [7, 11) is 0. The van der Waals surface area contributed by atoms with Crippen molar-refractivity contribution in [3.05, 3.63) is 40.1 Å². The van der Waals surface area contributed by atoms with Crippen LogP contribution in [-0.2, 0) is 6.42 Å². The van der Waals surface area contributed by atoms with Crippen LogP contribution in [0.1, 0.15) is 19.5 Å². The van der Waals surface area contributed by atoms with Crippen LogP contribution >= 0.6 is 23.6 Å². The van der Waals surface area contributed by atoms with Crippen LogP contribution in [0.15, 0.2) is 29.8 Å². The molecule has 0 fully saturated rings. The molecule has 0 spiro atoms. The summed E-state index contributed by atoms with van der Waals surface area (Å²) < 4.78 is 1.79. The number of pyridine rings is 1. The molecule has 0 bridgehead atoms. The minimum atomic E-state index is 0.578. The van der Waals surface area contributed by atoms with Crippen LogP contribution in [0.4, 0.5) is 0 Å². The number of hydrogen-bond donors (Lipinski definition) is 1. The van der Waals surface area contributed by atoms with Gasteiger partial charge < -0.3 is 4.98 Å². The first kappa shape index (κ1) is 13.4. The smallest absolute Gasteiger partial charge is 0.140 e. The lowest BCUT2D eigenvalue weighted by atomic mass is 10.1. The van der Waals surface area contributed by atoms with Gasteiger partial charge in [-0.25, -0.2) is 4.98 Å². The Morgan fingerprint density at radius 2 is 2.20 bits per heavy atom. The van der Waals surface area contributed by atoms with Gasteiger partial charge in [-0.1, -0.05) is 26.1 Å². The van der Waals surface area contributed by atoms with E-state index in [1.165, 1.54) is 0 Å². The summed E-state index contributed by atoms with van der Waals surface area (Å²) >= 11 is 6.96. The van der Waals surface area contributed by atoms with Crippen molar-refractivity contribution in [1.82, 2.24) is 15.0 Å². The standard InChI is InChI=1S/C15H15N3S2/c1-9(2)5-11-7-14(19)18-15(17-11)10-6-13-12(16-8-10)3-4-20-13/h3-4,6-9H,5H2,1-2H3,(H,17,18,19). The van der Waals surface area contributed by atoms with Gasteiger partial charge in [0.2, 0.25) is 0 Å². The summed E-state index contributed by atoms with van der Waals surface area (Å²) in [5, 5.41) is 2.05. The SMILES string of the molecule is CC(C)Cc1cc(=S)nc(-c2cnc3ccsc3c2)[nH]1. The van der Waals surface area contributed by atoms with Gasteiger partial charge in [0.15, 0.2) is 0 Å². The number of H-pyrrole nitrogens is 1. The van der Waals surface area contributed by atoms with Crippen molar-refractivity contribution in [2.75, 3.05) is 0 Å². The van der Waals surface area contributed by atoms with Crippen LogP contribution in [0, 0.1) is 10.6 Å². The van der Waals surface area contributed by atoms with Crippen LogP contribution in [0.5, 0.6) is 0 Å². The third-order valence-corrected chi connectivity index (χ3v) is 4.07. The predicted molar refractivity (Wildman–Crippen MR) is 86.6 cm³/mol. The van der Waals surface area contributed by atoms with E-state index in [0.717, 1.165) is 33.7 Å². The lowest BCUT2D eigenvalue weighted by Crippen LogP contribution is -2.00. The highest BCUT2D eigenvalue weighted by Gasteiger charge is 2.06. The molecule has 0 aromatic carbocycles. The second-order valence-electron chi connectivity index (χ2n) is 5.22. The minimum absolute atomic E-state index is 0.578. The molecule has 0 amide bonds. The van der Waals surface area contributed by atoms with Crippen LogP contribution in [0.25, 0.3) is 21.6 Å². The second-order valence-corrected chi connectivity index (χ2v) is 6.59. The third-order valence-electron chi connectivity index (χ3n) is 3.00. The first-order valence-electron chi connectivity index (χ1n) is 6.55. The van der Waals surface area contributed by atoms with E-state index < -0.39 is 0 Å². The molecule has 1 N–H and O–H groups in total. The Morgan fingerprint density at radius 3 is 3.00 bits per heavy atom. The van der Waals surface area contributed by atoms with E-state index in [9.17, 15) is 0 Å². The molecule has 0 unspecified atom stereocenters. The number of aromatic amines is 1. The molecule has 0 aliphatic carbocycles. The van der Waals surface area contributed by atoms with Crippen molar-refractivity contribution < 1.29 is 0 Å². The van der Waals surface area contributed by atoms with E-state index in [0.29, 0.717) is 10.6 Å². The molecule has 3 rings (SSSR count). The minimum Gasteiger partial charge on any atom is -0.343 e. The number of thiophene rings is 1. The van der Waals surface area contributed by atoms with E-state index >= 15 is 0 Å². The highest BCUT2D eigenvalue weighted by Crippen LogP contribution is 2.24. The number of aromatic nitrogens is 3. The van der Waals surface area contributed by atoms with E-state index in [1.807, 2.05) is 23.7 Å². The summed E-state index contributed by atoms with van der Waals surface area (Å²) in [5.74, 6) is 1.38. The Kier molecular flexibility index (Phi) is 3.63. The highest BCUT2D eigenvalue weighted by atomic mass is 32.1. The van der Waals surface area contributed by atoms with Gasteiger partial charge in [-0.15, -0.1) is 11.3 Å². The molecule has 3 aromatic rings. The van der Waals surface area contributed by atoms with Crippen molar-refractivity contribution in [1.29, 1.82) is 0 Å². The van der Waals surface area contributed by atoms with Crippen molar-refractivity contribution in [3.63, 3.8) is 0 Å². The first-order valence-corrected chi connectivity index (χ1v) is 7.84. The lowest BCUT2D eigenvalue weighted by Gasteiger charge is -2.08. The number of hydrogen-bond acceptors (Lipinski definition) is 4. The summed E-state index contributed by atoms with van der Waals surface area (Å²) in [6.07, 6.45) is 2.82. The Bertz CT molecular complexity index is 802. The Morgan fingerprint density at radius 1 is 1.35 bits per heavy atom. The van der Waals surface area contributed by atoms with Gasteiger partial charge in [0.05, 0.1) is 10.2 Å². The lowest BCUT2D eigenvalue weighted by molar-refractivity contribution is 0.634. The first-order chi connectivity index (χ1) is 9.61. The van der Waals surface area contributed by atoms with Crippen LogP contribution in [0.2, 0.25) is 0 Å². The maximum absolute atomic E-state index is 5.27. The number of fused-ring (bicyclic) bond motifs is 1. The summed E-state index contributed by atoms with van der Waals surface area (Å²) in [6.45, 7) is 4.38. The van der Waals surface area contributed by atoms with Gasteiger partial charge in [0, 0.05) is 17.5 Å². The van der Waals surface area contributed by atoms with E-state index in [4.69, 9.17) is 12.2 Å². The fourth-order valence-electron chi connectivity index (χ4n) is 2.17. The number of rotatable bonds is 3. The zero-order valence-corrected chi connectivity index (χ0v) is 13.0. The Hall–Kier alpha value is -1.59. The molecule has 102 valence electrons. The molecule has 0 atom stereocenters. The zero-order chi connectivity index (χ0) is 14.1. The van der Waals surface area contributed by atoms with Crippen LogP contribution in [0.3, 0.4) is 0 Å². The normalized spacial score (nSPS) is 11.3.